The van der Waals surface area contributed by atoms with E-state index >= 15 is 0 Å². The van der Waals surface area contributed by atoms with E-state index in [0.29, 0.717) is 12.2 Å². The second-order valence-electron chi connectivity index (χ2n) is 2.37. The van der Waals surface area contributed by atoms with E-state index in [4.69, 9.17) is 0 Å². The SMILES string of the molecule is C=CCNC(=O)c1nc[nH]c1C. The van der Waals surface area contributed by atoms with Gasteiger partial charge in [0.25, 0.3) is 5.91 Å². The maximum absolute atomic E-state index is 11.2. The molecule has 0 spiro atoms. The van der Waals surface area contributed by atoms with E-state index in [1.807, 2.05) is 0 Å². The van der Waals surface area contributed by atoms with Gasteiger partial charge >= 0.3 is 0 Å². The van der Waals surface area contributed by atoms with Crippen LogP contribution in [0.1, 0.15) is 16.2 Å². The Kier molecular flexibility index (Phi) is 2.63. The molecule has 1 aromatic rings. The third-order valence-electron chi connectivity index (χ3n) is 1.45. The van der Waals surface area contributed by atoms with Crippen molar-refractivity contribution < 1.29 is 4.79 Å². The molecule has 4 nitrogen and oxygen atoms in total. The predicted molar refractivity (Wildman–Crippen MR) is 45.9 cm³/mol. The van der Waals surface area contributed by atoms with E-state index < -0.39 is 0 Å². The molecule has 0 fully saturated rings. The van der Waals surface area contributed by atoms with E-state index in [2.05, 4.69) is 21.9 Å². The Morgan fingerprint density at radius 2 is 2.67 bits per heavy atom. The number of aryl methyl sites for hydroxylation is 1. The van der Waals surface area contributed by atoms with Gasteiger partial charge in [0, 0.05) is 12.2 Å². The Hall–Kier alpha value is -1.58. The number of carbonyl (C=O) groups excluding carboxylic acids is 1. The number of rotatable bonds is 3. The minimum atomic E-state index is -0.173. The van der Waals surface area contributed by atoms with Crippen LogP contribution in [0.4, 0.5) is 0 Å². The summed E-state index contributed by atoms with van der Waals surface area (Å²) < 4.78 is 0. The smallest absolute Gasteiger partial charge is 0.271 e. The van der Waals surface area contributed by atoms with Crippen molar-refractivity contribution in [3.05, 3.63) is 30.4 Å². The highest BCUT2D eigenvalue weighted by Crippen LogP contribution is 1.98. The maximum atomic E-state index is 11.2. The Labute approximate surface area is 70.7 Å². The summed E-state index contributed by atoms with van der Waals surface area (Å²) >= 11 is 0. The lowest BCUT2D eigenvalue weighted by molar-refractivity contribution is 0.0953. The predicted octanol–water partition coefficient (Wildman–Crippen LogP) is 0.634. The molecule has 4 heteroatoms. The third kappa shape index (κ3) is 1.72. The van der Waals surface area contributed by atoms with E-state index in [1.165, 1.54) is 6.33 Å². The van der Waals surface area contributed by atoms with Crippen molar-refractivity contribution in [3.63, 3.8) is 0 Å². The average molecular weight is 165 g/mol. The van der Waals surface area contributed by atoms with Gasteiger partial charge < -0.3 is 10.3 Å². The molecule has 2 N–H and O–H groups in total. The lowest BCUT2D eigenvalue weighted by Crippen LogP contribution is -2.24. The zero-order chi connectivity index (χ0) is 8.97. The fraction of sp³-hybridized carbons (Fsp3) is 0.250. The highest BCUT2D eigenvalue weighted by Gasteiger charge is 2.09. The van der Waals surface area contributed by atoms with Crippen LogP contribution in [0.2, 0.25) is 0 Å². The Morgan fingerprint density at radius 3 is 3.17 bits per heavy atom. The number of H-pyrrole nitrogens is 1. The van der Waals surface area contributed by atoms with Crippen molar-refractivity contribution in [1.29, 1.82) is 0 Å². The molecule has 0 aliphatic rings. The molecule has 0 bridgehead atoms. The second kappa shape index (κ2) is 3.71. The number of hydrogen-bond acceptors (Lipinski definition) is 2. The van der Waals surface area contributed by atoms with E-state index in [0.717, 1.165) is 5.69 Å². The summed E-state index contributed by atoms with van der Waals surface area (Å²) in [7, 11) is 0. The van der Waals surface area contributed by atoms with Crippen molar-refractivity contribution in [2.75, 3.05) is 6.54 Å². The number of amides is 1. The molecule has 1 aromatic heterocycles. The fourth-order valence-corrected chi connectivity index (χ4v) is 0.836. The summed E-state index contributed by atoms with van der Waals surface area (Å²) in [5.41, 5.74) is 1.22. The molecule has 1 rings (SSSR count). The van der Waals surface area contributed by atoms with Crippen LogP contribution in [-0.4, -0.2) is 22.4 Å². The Balaban J connectivity index is 2.65. The molecular weight excluding hydrogens is 154 g/mol. The molecule has 12 heavy (non-hydrogen) atoms. The highest BCUT2D eigenvalue weighted by molar-refractivity contribution is 5.93. The van der Waals surface area contributed by atoms with Crippen molar-refractivity contribution in [2.45, 2.75) is 6.92 Å². The highest BCUT2D eigenvalue weighted by atomic mass is 16.1. The average Bonchev–Trinajstić information content (AvgIpc) is 2.47. The Morgan fingerprint density at radius 1 is 1.92 bits per heavy atom. The molecule has 0 atom stereocenters. The minimum Gasteiger partial charge on any atom is -0.348 e. The molecule has 0 aliphatic carbocycles. The topological polar surface area (TPSA) is 57.8 Å². The minimum absolute atomic E-state index is 0.173. The largest absolute Gasteiger partial charge is 0.348 e. The molecule has 0 unspecified atom stereocenters. The first-order valence-corrected chi connectivity index (χ1v) is 3.64. The third-order valence-corrected chi connectivity index (χ3v) is 1.45. The normalized spacial score (nSPS) is 9.42. The van der Waals surface area contributed by atoms with Crippen molar-refractivity contribution in [2.24, 2.45) is 0 Å². The summed E-state index contributed by atoms with van der Waals surface area (Å²) in [5, 5.41) is 2.64. The lowest BCUT2D eigenvalue weighted by Gasteiger charge is -1.98. The van der Waals surface area contributed by atoms with Gasteiger partial charge in [0.05, 0.1) is 6.33 Å². The number of imidazole rings is 1. The van der Waals surface area contributed by atoms with Gasteiger partial charge in [0.15, 0.2) is 0 Å². The summed E-state index contributed by atoms with van der Waals surface area (Å²) in [4.78, 5) is 17.9. The van der Waals surface area contributed by atoms with Crippen molar-refractivity contribution in [1.82, 2.24) is 15.3 Å². The zero-order valence-electron chi connectivity index (χ0n) is 6.92. The van der Waals surface area contributed by atoms with Crippen LogP contribution in [0.15, 0.2) is 19.0 Å². The molecule has 0 aliphatic heterocycles. The first-order chi connectivity index (χ1) is 5.75. The molecule has 64 valence electrons. The maximum Gasteiger partial charge on any atom is 0.271 e. The summed E-state index contributed by atoms with van der Waals surface area (Å²) in [6.45, 7) is 5.76. The van der Waals surface area contributed by atoms with Crippen LogP contribution in [0.5, 0.6) is 0 Å². The van der Waals surface area contributed by atoms with Gasteiger partial charge in [-0.25, -0.2) is 4.98 Å². The molecule has 1 heterocycles. The van der Waals surface area contributed by atoms with Crippen LogP contribution in [0.25, 0.3) is 0 Å². The van der Waals surface area contributed by atoms with Crippen molar-refractivity contribution in [3.8, 4) is 0 Å². The van der Waals surface area contributed by atoms with Gasteiger partial charge in [0.1, 0.15) is 5.69 Å². The quantitative estimate of drug-likeness (QED) is 0.645. The molecule has 0 aromatic carbocycles. The number of carbonyl (C=O) groups is 1. The van der Waals surface area contributed by atoms with Crippen LogP contribution < -0.4 is 5.32 Å². The van der Waals surface area contributed by atoms with Crippen molar-refractivity contribution >= 4 is 5.91 Å². The first-order valence-electron chi connectivity index (χ1n) is 3.64. The number of nitrogens with zero attached hydrogens (tertiary/aromatic N) is 1. The van der Waals surface area contributed by atoms with E-state index in [1.54, 1.807) is 13.0 Å². The van der Waals surface area contributed by atoms with Gasteiger partial charge in [0.2, 0.25) is 0 Å². The number of nitrogens with one attached hydrogen (secondary N) is 2. The van der Waals surface area contributed by atoms with Gasteiger partial charge in [-0.05, 0) is 6.92 Å². The molecule has 1 amide bonds. The molecule has 0 saturated heterocycles. The van der Waals surface area contributed by atoms with Crippen LogP contribution in [0.3, 0.4) is 0 Å². The number of aromatic nitrogens is 2. The Bertz CT molecular complexity index is 290. The molecule has 0 radical (unpaired) electrons. The van der Waals surface area contributed by atoms with E-state index in [-0.39, 0.29) is 5.91 Å². The standard InChI is InChI=1S/C8H11N3O/c1-3-4-9-8(12)7-6(2)10-5-11-7/h3,5H,1,4H2,2H3,(H,9,12)(H,10,11). The summed E-state index contributed by atoms with van der Waals surface area (Å²) in [6, 6.07) is 0. The van der Waals surface area contributed by atoms with Gasteiger partial charge in [-0.15, -0.1) is 6.58 Å². The van der Waals surface area contributed by atoms with Gasteiger partial charge in [-0.3, -0.25) is 4.79 Å². The van der Waals surface area contributed by atoms with E-state index in [9.17, 15) is 4.79 Å². The number of hydrogen-bond donors (Lipinski definition) is 2. The van der Waals surface area contributed by atoms with Crippen LogP contribution in [0, 0.1) is 6.92 Å². The second-order valence-corrected chi connectivity index (χ2v) is 2.37. The fourth-order valence-electron chi connectivity index (χ4n) is 0.836. The van der Waals surface area contributed by atoms with Gasteiger partial charge in [-0.1, -0.05) is 6.08 Å². The lowest BCUT2D eigenvalue weighted by atomic mass is 10.3. The molecular formula is C8H11N3O. The summed E-state index contributed by atoms with van der Waals surface area (Å²) in [5.74, 6) is -0.173. The zero-order valence-corrected chi connectivity index (χ0v) is 6.92. The first kappa shape index (κ1) is 8.52. The molecule has 0 saturated carbocycles. The summed E-state index contributed by atoms with van der Waals surface area (Å²) in [6.07, 6.45) is 3.12. The monoisotopic (exact) mass is 165 g/mol. The van der Waals surface area contributed by atoms with Gasteiger partial charge in [-0.2, -0.15) is 0 Å². The number of aromatic amines is 1. The van der Waals surface area contributed by atoms with Crippen LogP contribution in [-0.2, 0) is 0 Å². The van der Waals surface area contributed by atoms with Crippen LogP contribution >= 0.6 is 0 Å².